The number of carbonyl (C=O) groups excluding carboxylic acids is 1. The van der Waals surface area contributed by atoms with Gasteiger partial charge in [-0.2, -0.15) is 8.78 Å². The van der Waals surface area contributed by atoms with Crippen LogP contribution < -0.4 is 9.64 Å². The molecule has 3 nitrogen and oxygen atoms in total. The summed E-state index contributed by atoms with van der Waals surface area (Å²) in [6, 6.07) is 11.7. The Hall–Kier alpha value is -1.95. The van der Waals surface area contributed by atoms with Gasteiger partial charge in [0.1, 0.15) is 11.8 Å². The Balaban J connectivity index is 1.98. The number of nitrogens with zero attached hydrogens (tertiary/aromatic N) is 1. The molecule has 1 fully saturated rings. The maximum atomic E-state index is 14.0. The van der Waals surface area contributed by atoms with Crippen LogP contribution in [-0.2, 0) is 4.79 Å². The summed E-state index contributed by atoms with van der Waals surface area (Å²) >= 11 is 3.27. The zero-order valence-electron chi connectivity index (χ0n) is 11.6. The molecule has 0 N–H and O–H groups in total. The van der Waals surface area contributed by atoms with Gasteiger partial charge >= 0.3 is 11.8 Å². The van der Waals surface area contributed by atoms with Crippen LogP contribution in [0, 0.1) is 0 Å². The number of ether oxygens (including phenoxy) is 1. The molecule has 2 aromatic carbocycles. The topological polar surface area (TPSA) is 29.5 Å². The largest absolute Gasteiger partial charge is 0.497 e. The van der Waals surface area contributed by atoms with Crippen molar-refractivity contribution in [1.82, 2.24) is 0 Å². The fourth-order valence-corrected chi connectivity index (χ4v) is 2.77. The van der Waals surface area contributed by atoms with Crippen molar-refractivity contribution in [2.75, 3.05) is 12.0 Å². The molecule has 1 amide bonds. The zero-order valence-corrected chi connectivity index (χ0v) is 13.2. The third kappa shape index (κ3) is 2.27. The van der Waals surface area contributed by atoms with Gasteiger partial charge in [0.05, 0.1) is 7.11 Å². The molecule has 3 rings (SSSR count). The number of hydrogen-bond donors (Lipinski definition) is 0. The van der Waals surface area contributed by atoms with Gasteiger partial charge in [-0.1, -0.05) is 28.1 Å². The van der Waals surface area contributed by atoms with Crippen molar-refractivity contribution in [3.05, 3.63) is 58.6 Å². The molecule has 0 spiro atoms. The molecule has 1 atom stereocenters. The molecule has 0 radical (unpaired) electrons. The van der Waals surface area contributed by atoms with Gasteiger partial charge in [0.2, 0.25) is 0 Å². The second-order valence-corrected chi connectivity index (χ2v) is 5.87. The predicted octanol–water partition coefficient (Wildman–Crippen LogP) is 4.18. The molecule has 0 unspecified atom stereocenters. The highest BCUT2D eigenvalue weighted by Gasteiger charge is 2.64. The van der Waals surface area contributed by atoms with Crippen LogP contribution in [0.3, 0.4) is 0 Å². The number of amides is 1. The van der Waals surface area contributed by atoms with Crippen LogP contribution in [0.1, 0.15) is 11.6 Å². The van der Waals surface area contributed by atoms with Crippen molar-refractivity contribution < 1.29 is 18.3 Å². The van der Waals surface area contributed by atoms with Gasteiger partial charge in [0.15, 0.2) is 0 Å². The Morgan fingerprint density at radius 2 is 1.68 bits per heavy atom. The van der Waals surface area contributed by atoms with Gasteiger partial charge in [0, 0.05) is 10.2 Å². The van der Waals surface area contributed by atoms with Crippen molar-refractivity contribution >= 4 is 27.5 Å². The lowest BCUT2D eigenvalue weighted by Crippen LogP contribution is -2.64. The number of alkyl halides is 2. The molecule has 1 saturated heterocycles. The normalized spacial score (nSPS) is 19.7. The Kier molecular flexibility index (Phi) is 3.64. The van der Waals surface area contributed by atoms with E-state index < -0.39 is 17.9 Å². The van der Waals surface area contributed by atoms with E-state index >= 15 is 0 Å². The first-order valence-electron chi connectivity index (χ1n) is 6.56. The number of β-lactam (4-membered cyclic amide) rings is 1. The molecule has 114 valence electrons. The van der Waals surface area contributed by atoms with Crippen molar-refractivity contribution in [2.45, 2.75) is 12.0 Å². The molecule has 1 aliphatic rings. The maximum Gasteiger partial charge on any atom is 0.349 e. The third-order valence-electron chi connectivity index (χ3n) is 3.64. The minimum atomic E-state index is -3.40. The number of halogens is 3. The minimum Gasteiger partial charge on any atom is -0.497 e. The molecular weight excluding hydrogens is 356 g/mol. The van der Waals surface area contributed by atoms with Gasteiger partial charge in [-0.05, 0) is 42.0 Å². The zero-order chi connectivity index (χ0) is 15.9. The van der Waals surface area contributed by atoms with E-state index in [1.807, 2.05) is 0 Å². The van der Waals surface area contributed by atoms with E-state index in [1.54, 1.807) is 48.5 Å². The van der Waals surface area contributed by atoms with Gasteiger partial charge in [-0.3, -0.25) is 9.69 Å². The average molecular weight is 368 g/mol. The quantitative estimate of drug-likeness (QED) is 0.761. The number of hydrogen-bond acceptors (Lipinski definition) is 2. The van der Waals surface area contributed by atoms with Gasteiger partial charge in [0.25, 0.3) is 0 Å². The van der Waals surface area contributed by atoms with Gasteiger partial charge < -0.3 is 4.74 Å². The molecule has 0 aliphatic carbocycles. The van der Waals surface area contributed by atoms with Crippen LogP contribution in [-0.4, -0.2) is 18.9 Å². The molecule has 2 aromatic rings. The number of carbonyl (C=O) groups is 1. The summed E-state index contributed by atoms with van der Waals surface area (Å²) in [6.45, 7) is 0. The molecule has 1 heterocycles. The lowest BCUT2D eigenvalue weighted by molar-refractivity contribution is -0.162. The van der Waals surface area contributed by atoms with E-state index in [9.17, 15) is 13.6 Å². The standard InChI is InChI=1S/C16H12BrF2NO2/c1-22-13-8-6-12(7-9-13)20-14(16(18,19)15(20)21)10-2-4-11(17)5-3-10/h2-9,14H,1H3/t14-/m1/s1. The van der Waals surface area contributed by atoms with Crippen molar-refractivity contribution in [2.24, 2.45) is 0 Å². The number of anilines is 1. The van der Waals surface area contributed by atoms with Gasteiger partial charge in [-0.25, -0.2) is 0 Å². The molecule has 0 aromatic heterocycles. The Bertz CT molecular complexity index is 701. The van der Waals surface area contributed by atoms with Gasteiger partial charge in [-0.15, -0.1) is 0 Å². The fraction of sp³-hybridized carbons (Fsp3) is 0.188. The smallest absolute Gasteiger partial charge is 0.349 e. The lowest BCUT2D eigenvalue weighted by atomic mass is 9.89. The maximum absolute atomic E-state index is 14.0. The van der Waals surface area contributed by atoms with E-state index in [4.69, 9.17) is 4.74 Å². The van der Waals surface area contributed by atoms with E-state index in [1.165, 1.54) is 7.11 Å². The van der Waals surface area contributed by atoms with E-state index in [-0.39, 0.29) is 0 Å². The summed E-state index contributed by atoms with van der Waals surface area (Å²) in [4.78, 5) is 12.9. The number of methoxy groups -OCH3 is 1. The average Bonchev–Trinajstić information content (AvgIpc) is 2.53. The van der Waals surface area contributed by atoms with Crippen LogP contribution in [0.4, 0.5) is 14.5 Å². The molecule has 6 heteroatoms. The van der Waals surface area contributed by atoms with Crippen LogP contribution in [0.2, 0.25) is 0 Å². The monoisotopic (exact) mass is 367 g/mol. The van der Waals surface area contributed by atoms with Crippen LogP contribution in [0.5, 0.6) is 5.75 Å². The molecular formula is C16H12BrF2NO2. The Morgan fingerprint density at radius 1 is 1.09 bits per heavy atom. The van der Waals surface area contributed by atoms with E-state index in [2.05, 4.69) is 15.9 Å². The predicted molar refractivity (Wildman–Crippen MR) is 82.3 cm³/mol. The Morgan fingerprint density at radius 3 is 2.23 bits per heavy atom. The summed E-state index contributed by atoms with van der Waals surface area (Å²) in [6.07, 6.45) is 0. The molecule has 0 saturated carbocycles. The first-order chi connectivity index (χ1) is 10.4. The summed E-state index contributed by atoms with van der Waals surface area (Å²) < 4.78 is 33.9. The van der Waals surface area contributed by atoms with Crippen LogP contribution in [0.25, 0.3) is 0 Å². The number of rotatable bonds is 3. The highest BCUT2D eigenvalue weighted by atomic mass is 79.9. The second kappa shape index (κ2) is 5.35. The fourth-order valence-electron chi connectivity index (χ4n) is 2.50. The molecule has 22 heavy (non-hydrogen) atoms. The molecule has 1 aliphatic heterocycles. The summed E-state index contributed by atoms with van der Waals surface area (Å²) in [7, 11) is 1.52. The molecule has 0 bridgehead atoms. The highest BCUT2D eigenvalue weighted by Crippen LogP contribution is 2.49. The Labute approximate surface area is 134 Å². The van der Waals surface area contributed by atoms with E-state index in [0.717, 1.165) is 9.37 Å². The summed E-state index contributed by atoms with van der Waals surface area (Å²) in [5.74, 6) is -3.98. The van der Waals surface area contributed by atoms with Crippen molar-refractivity contribution in [3.63, 3.8) is 0 Å². The minimum absolute atomic E-state index is 0.392. The first-order valence-corrected chi connectivity index (χ1v) is 7.35. The van der Waals surface area contributed by atoms with E-state index in [0.29, 0.717) is 17.0 Å². The second-order valence-electron chi connectivity index (χ2n) is 4.95. The van der Waals surface area contributed by atoms with Crippen molar-refractivity contribution in [1.29, 1.82) is 0 Å². The van der Waals surface area contributed by atoms with Crippen molar-refractivity contribution in [3.8, 4) is 5.75 Å². The SMILES string of the molecule is COc1ccc(N2C(=O)C(F)(F)[C@H]2c2ccc(Br)cc2)cc1. The summed E-state index contributed by atoms with van der Waals surface area (Å²) in [5, 5.41) is 0. The first kappa shape index (κ1) is 15.0. The lowest BCUT2D eigenvalue weighted by Gasteiger charge is -2.46. The van der Waals surface area contributed by atoms with Crippen LogP contribution in [0.15, 0.2) is 53.0 Å². The highest BCUT2D eigenvalue weighted by molar-refractivity contribution is 9.10. The number of benzene rings is 2. The van der Waals surface area contributed by atoms with Crippen LogP contribution >= 0.6 is 15.9 Å². The third-order valence-corrected chi connectivity index (χ3v) is 4.17. The summed E-state index contributed by atoms with van der Waals surface area (Å²) in [5.41, 5.74) is 0.813.